The van der Waals surface area contributed by atoms with Gasteiger partial charge < -0.3 is 18.6 Å². The first-order valence-corrected chi connectivity index (χ1v) is 10.4. The highest BCUT2D eigenvalue weighted by Crippen LogP contribution is 2.35. The molecule has 0 spiro atoms. The minimum absolute atomic E-state index is 0.628. The molecule has 3 aromatic rings. The molecular formula is C20H22BrN5O2. The number of fused-ring (bicyclic) bond motifs is 3. The van der Waals surface area contributed by atoms with Gasteiger partial charge in [-0.05, 0) is 18.2 Å². The van der Waals surface area contributed by atoms with Crippen LogP contribution in [0.15, 0.2) is 41.3 Å². The van der Waals surface area contributed by atoms with E-state index in [0.717, 1.165) is 79.1 Å². The monoisotopic (exact) mass is 443 g/mol. The van der Waals surface area contributed by atoms with Crippen molar-refractivity contribution in [1.29, 1.82) is 0 Å². The second-order valence-corrected chi connectivity index (χ2v) is 7.95. The van der Waals surface area contributed by atoms with E-state index in [0.29, 0.717) is 6.61 Å². The van der Waals surface area contributed by atoms with E-state index >= 15 is 0 Å². The Morgan fingerprint density at radius 1 is 1.04 bits per heavy atom. The Morgan fingerprint density at radius 2 is 1.93 bits per heavy atom. The van der Waals surface area contributed by atoms with Crippen LogP contribution in [0.2, 0.25) is 0 Å². The minimum atomic E-state index is 0.628. The van der Waals surface area contributed by atoms with Crippen LogP contribution in [0.5, 0.6) is 5.75 Å². The molecule has 0 N–H and O–H groups in total. The molecule has 2 aliphatic heterocycles. The first-order valence-electron chi connectivity index (χ1n) is 9.59. The fraction of sp³-hybridized carbons (Fsp3) is 0.400. The predicted octanol–water partition coefficient (Wildman–Crippen LogP) is 2.90. The van der Waals surface area contributed by atoms with Crippen LogP contribution in [-0.2, 0) is 17.8 Å². The van der Waals surface area contributed by atoms with Crippen molar-refractivity contribution in [3.05, 3.63) is 41.3 Å². The summed E-state index contributed by atoms with van der Waals surface area (Å²) >= 11 is 3.56. The molecule has 2 aromatic heterocycles. The van der Waals surface area contributed by atoms with Crippen LogP contribution in [0.4, 0.5) is 0 Å². The molecule has 0 aliphatic carbocycles. The first kappa shape index (κ1) is 17.9. The SMILES string of the molecule is Brc1ccc2c(c1)-c1nc(-c3nccn3CCN3CCOCC3)cn1CCO2. The van der Waals surface area contributed by atoms with Crippen molar-refractivity contribution in [2.75, 3.05) is 39.5 Å². The Balaban J connectivity index is 1.43. The molecule has 0 amide bonds. The molecule has 146 valence electrons. The number of benzene rings is 1. The fourth-order valence-corrected chi connectivity index (χ4v) is 4.12. The van der Waals surface area contributed by atoms with Crippen molar-refractivity contribution in [3.63, 3.8) is 0 Å². The topological polar surface area (TPSA) is 57.3 Å². The van der Waals surface area contributed by atoms with Crippen molar-refractivity contribution in [1.82, 2.24) is 24.0 Å². The molecule has 8 heteroatoms. The van der Waals surface area contributed by atoms with E-state index in [-0.39, 0.29) is 0 Å². The van der Waals surface area contributed by atoms with Crippen molar-refractivity contribution >= 4 is 15.9 Å². The van der Waals surface area contributed by atoms with Gasteiger partial charge in [0.15, 0.2) is 5.82 Å². The second-order valence-electron chi connectivity index (χ2n) is 7.03. The van der Waals surface area contributed by atoms with Crippen molar-refractivity contribution in [3.8, 4) is 28.7 Å². The average Bonchev–Trinajstić information content (AvgIpc) is 3.32. The molecule has 0 bridgehead atoms. The Labute approximate surface area is 172 Å². The summed E-state index contributed by atoms with van der Waals surface area (Å²) in [6.45, 7) is 6.91. The highest BCUT2D eigenvalue weighted by atomic mass is 79.9. The first-order chi connectivity index (χ1) is 13.8. The second kappa shape index (κ2) is 7.69. The predicted molar refractivity (Wildman–Crippen MR) is 109 cm³/mol. The maximum Gasteiger partial charge on any atom is 0.160 e. The van der Waals surface area contributed by atoms with Gasteiger partial charge >= 0.3 is 0 Å². The van der Waals surface area contributed by atoms with E-state index in [1.54, 1.807) is 0 Å². The zero-order valence-corrected chi connectivity index (χ0v) is 17.1. The fourth-order valence-electron chi connectivity index (χ4n) is 3.76. The third-order valence-electron chi connectivity index (χ3n) is 5.25. The molecule has 5 rings (SSSR count). The number of rotatable bonds is 4. The summed E-state index contributed by atoms with van der Waals surface area (Å²) in [5, 5.41) is 0. The van der Waals surface area contributed by atoms with Crippen LogP contribution in [0.25, 0.3) is 22.9 Å². The van der Waals surface area contributed by atoms with E-state index in [9.17, 15) is 0 Å². The van der Waals surface area contributed by atoms with Gasteiger partial charge in [-0.25, -0.2) is 9.97 Å². The highest BCUT2D eigenvalue weighted by Gasteiger charge is 2.21. The maximum absolute atomic E-state index is 5.89. The van der Waals surface area contributed by atoms with Gasteiger partial charge in [-0.15, -0.1) is 0 Å². The largest absolute Gasteiger partial charge is 0.491 e. The quantitative estimate of drug-likeness (QED) is 0.620. The van der Waals surface area contributed by atoms with Gasteiger partial charge in [0.1, 0.15) is 23.9 Å². The summed E-state index contributed by atoms with van der Waals surface area (Å²) in [6.07, 6.45) is 5.98. The van der Waals surface area contributed by atoms with E-state index in [4.69, 9.17) is 14.5 Å². The Bertz CT molecular complexity index is 977. The lowest BCUT2D eigenvalue weighted by Crippen LogP contribution is -2.38. The lowest BCUT2D eigenvalue weighted by Gasteiger charge is -2.26. The van der Waals surface area contributed by atoms with Gasteiger partial charge in [0.25, 0.3) is 0 Å². The standard InChI is InChI=1S/C20H22BrN5O2/c21-15-1-2-18-16(13-15)19-23-17(14-26(19)9-12-28-18)20-22-3-4-25(20)6-5-24-7-10-27-11-8-24/h1-4,13-14H,5-12H2. The number of aromatic nitrogens is 4. The zero-order valence-electron chi connectivity index (χ0n) is 15.6. The van der Waals surface area contributed by atoms with Crippen LogP contribution >= 0.6 is 15.9 Å². The molecule has 1 saturated heterocycles. The summed E-state index contributed by atoms with van der Waals surface area (Å²) < 4.78 is 16.7. The molecule has 0 saturated carbocycles. The normalized spacial score (nSPS) is 16.9. The number of imidazole rings is 2. The number of hydrogen-bond acceptors (Lipinski definition) is 5. The summed E-state index contributed by atoms with van der Waals surface area (Å²) in [5.41, 5.74) is 1.90. The molecule has 0 radical (unpaired) electrons. The van der Waals surface area contributed by atoms with Crippen LogP contribution < -0.4 is 4.74 Å². The molecule has 0 unspecified atom stereocenters. The van der Waals surface area contributed by atoms with Gasteiger partial charge in [0.05, 0.1) is 25.3 Å². The lowest BCUT2D eigenvalue weighted by molar-refractivity contribution is 0.0364. The molecule has 1 fully saturated rings. The Morgan fingerprint density at radius 3 is 2.82 bits per heavy atom. The smallest absolute Gasteiger partial charge is 0.160 e. The molecule has 4 heterocycles. The van der Waals surface area contributed by atoms with Crippen LogP contribution in [0.3, 0.4) is 0 Å². The Kier molecular flexibility index (Phi) is 4.92. The number of nitrogens with zero attached hydrogens (tertiary/aromatic N) is 5. The van der Waals surface area contributed by atoms with Crippen molar-refractivity contribution in [2.24, 2.45) is 0 Å². The molecule has 2 aliphatic rings. The summed E-state index contributed by atoms with van der Waals surface area (Å²) in [4.78, 5) is 12.0. The summed E-state index contributed by atoms with van der Waals surface area (Å²) in [7, 11) is 0. The molecule has 0 atom stereocenters. The van der Waals surface area contributed by atoms with Crippen molar-refractivity contribution in [2.45, 2.75) is 13.1 Å². The molecule has 28 heavy (non-hydrogen) atoms. The third kappa shape index (κ3) is 3.47. The van der Waals surface area contributed by atoms with Crippen LogP contribution in [0, 0.1) is 0 Å². The third-order valence-corrected chi connectivity index (χ3v) is 5.75. The maximum atomic E-state index is 5.89. The van der Waals surface area contributed by atoms with Crippen LogP contribution in [0.1, 0.15) is 0 Å². The lowest BCUT2D eigenvalue weighted by atomic mass is 10.2. The van der Waals surface area contributed by atoms with E-state index in [1.165, 1.54) is 0 Å². The minimum Gasteiger partial charge on any atom is -0.491 e. The van der Waals surface area contributed by atoms with Gasteiger partial charge in [0.2, 0.25) is 0 Å². The van der Waals surface area contributed by atoms with Crippen molar-refractivity contribution < 1.29 is 9.47 Å². The number of hydrogen-bond donors (Lipinski definition) is 0. The van der Waals surface area contributed by atoms with E-state index < -0.39 is 0 Å². The molecular weight excluding hydrogens is 422 g/mol. The van der Waals surface area contributed by atoms with Gasteiger partial charge in [-0.2, -0.15) is 0 Å². The van der Waals surface area contributed by atoms with E-state index in [2.05, 4.69) is 47.2 Å². The number of halogens is 1. The molecule has 1 aromatic carbocycles. The Hall–Kier alpha value is -2.16. The number of morpholine rings is 1. The summed E-state index contributed by atoms with van der Waals surface area (Å²) in [6, 6.07) is 6.05. The highest BCUT2D eigenvalue weighted by molar-refractivity contribution is 9.10. The van der Waals surface area contributed by atoms with Crippen LogP contribution in [-0.4, -0.2) is 63.5 Å². The summed E-state index contributed by atoms with van der Waals surface area (Å²) in [5.74, 6) is 2.70. The van der Waals surface area contributed by atoms with Gasteiger partial charge in [-0.1, -0.05) is 15.9 Å². The van der Waals surface area contributed by atoms with Gasteiger partial charge in [-0.3, -0.25) is 4.90 Å². The van der Waals surface area contributed by atoms with Gasteiger partial charge in [0, 0.05) is 49.2 Å². The average molecular weight is 444 g/mol. The molecule has 7 nitrogen and oxygen atoms in total. The number of ether oxygens (including phenoxy) is 2. The van der Waals surface area contributed by atoms with E-state index in [1.807, 2.05) is 24.5 Å². The zero-order chi connectivity index (χ0) is 18.9.